The zero-order valence-electron chi connectivity index (χ0n) is 14.7. The molecule has 0 rings (SSSR count). The molecule has 0 amide bonds. The monoisotopic (exact) mass is 284 g/mol. The van der Waals surface area contributed by atoms with E-state index in [9.17, 15) is 9.59 Å². The lowest BCUT2D eigenvalue weighted by Crippen LogP contribution is -2.35. The lowest BCUT2D eigenvalue weighted by atomic mass is 9.76. The molecule has 2 unspecified atom stereocenters. The van der Waals surface area contributed by atoms with Crippen LogP contribution in [-0.4, -0.2) is 17.4 Å². The molecule has 0 aromatic heterocycles. The minimum absolute atomic E-state index is 0.0246. The van der Waals surface area contributed by atoms with Crippen LogP contribution < -0.4 is 0 Å². The van der Waals surface area contributed by atoms with E-state index < -0.39 is 5.60 Å². The van der Waals surface area contributed by atoms with Crippen LogP contribution in [0.15, 0.2) is 0 Å². The molecule has 20 heavy (non-hydrogen) atoms. The molecule has 0 N–H and O–H groups in total. The Morgan fingerprint density at radius 2 is 1.40 bits per heavy atom. The summed E-state index contributed by atoms with van der Waals surface area (Å²) in [6.45, 7) is 17.3. The van der Waals surface area contributed by atoms with E-state index in [4.69, 9.17) is 4.74 Å². The van der Waals surface area contributed by atoms with E-state index in [0.29, 0.717) is 6.42 Å². The van der Waals surface area contributed by atoms with Crippen LogP contribution in [0.4, 0.5) is 0 Å². The molecule has 0 aliphatic rings. The van der Waals surface area contributed by atoms with Crippen molar-refractivity contribution in [3.8, 4) is 0 Å². The van der Waals surface area contributed by atoms with Crippen molar-refractivity contribution in [1.82, 2.24) is 0 Å². The standard InChI is InChI=1S/C17H32O3/c1-11(2)13(10-14(18)16(4,5)6)12(3)15(19)20-17(7,8)9/h11-13H,10H2,1-9H3. The number of carbonyl (C=O) groups is 2. The summed E-state index contributed by atoms with van der Waals surface area (Å²) in [7, 11) is 0. The van der Waals surface area contributed by atoms with Crippen molar-refractivity contribution in [2.45, 2.75) is 74.3 Å². The van der Waals surface area contributed by atoms with Gasteiger partial charge in [0.1, 0.15) is 11.4 Å². The minimum Gasteiger partial charge on any atom is -0.460 e. The summed E-state index contributed by atoms with van der Waals surface area (Å²) in [5, 5.41) is 0. The van der Waals surface area contributed by atoms with Gasteiger partial charge < -0.3 is 4.74 Å². The zero-order chi connectivity index (χ0) is 16.3. The number of esters is 1. The first-order valence-corrected chi connectivity index (χ1v) is 7.52. The van der Waals surface area contributed by atoms with E-state index in [1.54, 1.807) is 0 Å². The Labute approximate surface area is 124 Å². The summed E-state index contributed by atoms with van der Waals surface area (Å²) in [6, 6.07) is 0. The van der Waals surface area contributed by atoms with Crippen LogP contribution in [0.5, 0.6) is 0 Å². The molecule has 0 saturated carbocycles. The Balaban J connectivity index is 4.93. The smallest absolute Gasteiger partial charge is 0.309 e. The molecule has 0 aromatic rings. The molecule has 0 spiro atoms. The molecule has 0 radical (unpaired) electrons. The predicted molar refractivity (Wildman–Crippen MR) is 82.4 cm³/mol. The molecule has 0 saturated heterocycles. The molecule has 3 heteroatoms. The first-order chi connectivity index (χ1) is 8.75. The molecule has 118 valence electrons. The molecule has 2 atom stereocenters. The first kappa shape index (κ1) is 19.1. The van der Waals surface area contributed by atoms with Crippen LogP contribution in [0.1, 0.15) is 68.7 Å². The van der Waals surface area contributed by atoms with Crippen LogP contribution in [0.25, 0.3) is 0 Å². The third-order valence-electron chi connectivity index (χ3n) is 3.53. The molecular formula is C17H32O3. The van der Waals surface area contributed by atoms with Gasteiger partial charge in [0.25, 0.3) is 0 Å². The van der Waals surface area contributed by atoms with Gasteiger partial charge in [0.05, 0.1) is 5.92 Å². The maximum absolute atomic E-state index is 12.2. The molecule has 0 aliphatic carbocycles. The van der Waals surface area contributed by atoms with E-state index in [2.05, 4.69) is 13.8 Å². The van der Waals surface area contributed by atoms with E-state index >= 15 is 0 Å². The number of Topliss-reactive ketones (excluding diaryl/α,β-unsaturated/α-hetero) is 1. The lowest BCUT2D eigenvalue weighted by molar-refractivity contribution is -0.162. The van der Waals surface area contributed by atoms with Gasteiger partial charge in [-0.05, 0) is 32.6 Å². The molecule has 3 nitrogen and oxygen atoms in total. The van der Waals surface area contributed by atoms with Crippen molar-refractivity contribution in [2.24, 2.45) is 23.2 Å². The summed E-state index contributed by atoms with van der Waals surface area (Å²) >= 11 is 0. The number of carbonyl (C=O) groups excluding carboxylic acids is 2. The SMILES string of the molecule is CC(C)C(CC(=O)C(C)(C)C)C(C)C(=O)OC(C)(C)C. The van der Waals surface area contributed by atoms with Crippen LogP contribution in [-0.2, 0) is 14.3 Å². The maximum atomic E-state index is 12.2. The predicted octanol–water partition coefficient (Wildman–Crippen LogP) is 4.24. The lowest BCUT2D eigenvalue weighted by Gasteiger charge is -2.30. The van der Waals surface area contributed by atoms with Crippen molar-refractivity contribution in [2.75, 3.05) is 0 Å². The van der Waals surface area contributed by atoms with Gasteiger partial charge in [0.2, 0.25) is 0 Å². The Hall–Kier alpha value is -0.860. The number of ether oxygens (including phenoxy) is 1. The second-order valence-corrected chi connectivity index (χ2v) is 8.11. The van der Waals surface area contributed by atoms with Gasteiger partial charge >= 0.3 is 5.97 Å². The van der Waals surface area contributed by atoms with Crippen molar-refractivity contribution in [3.63, 3.8) is 0 Å². The Morgan fingerprint density at radius 3 is 1.70 bits per heavy atom. The fourth-order valence-corrected chi connectivity index (χ4v) is 2.08. The van der Waals surface area contributed by atoms with Crippen LogP contribution in [0.2, 0.25) is 0 Å². The van der Waals surface area contributed by atoms with E-state index in [1.165, 1.54) is 0 Å². The normalized spacial score (nSPS) is 15.9. The molecule has 0 aromatic carbocycles. The Kier molecular flexibility index (Phi) is 6.44. The van der Waals surface area contributed by atoms with Gasteiger partial charge in [0.15, 0.2) is 0 Å². The van der Waals surface area contributed by atoms with Gasteiger partial charge in [-0.15, -0.1) is 0 Å². The van der Waals surface area contributed by atoms with Gasteiger partial charge in [-0.1, -0.05) is 41.5 Å². The van der Waals surface area contributed by atoms with Crippen molar-refractivity contribution in [1.29, 1.82) is 0 Å². The first-order valence-electron chi connectivity index (χ1n) is 7.52. The fraction of sp³-hybridized carbons (Fsp3) is 0.882. The summed E-state index contributed by atoms with van der Waals surface area (Å²) < 4.78 is 5.45. The molecular weight excluding hydrogens is 252 g/mol. The van der Waals surface area contributed by atoms with Crippen molar-refractivity contribution in [3.05, 3.63) is 0 Å². The number of rotatable bonds is 5. The van der Waals surface area contributed by atoms with Gasteiger partial charge in [0, 0.05) is 11.8 Å². The van der Waals surface area contributed by atoms with Gasteiger partial charge in [-0.3, -0.25) is 9.59 Å². The number of ketones is 1. The topological polar surface area (TPSA) is 43.4 Å². The van der Waals surface area contributed by atoms with E-state index in [-0.39, 0.29) is 34.9 Å². The number of hydrogen-bond acceptors (Lipinski definition) is 3. The third-order valence-corrected chi connectivity index (χ3v) is 3.53. The summed E-state index contributed by atoms with van der Waals surface area (Å²) in [5.41, 5.74) is -0.846. The highest BCUT2D eigenvalue weighted by Crippen LogP contribution is 2.30. The van der Waals surface area contributed by atoms with E-state index in [1.807, 2.05) is 48.5 Å². The highest BCUT2D eigenvalue weighted by atomic mass is 16.6. The highest BCUT2D eigenvalue weighted by molar-refractivity contribution is 5.84. The zero-order valence-corrected chi connectivity index (χ0v) is 14.7. The Bertz CT molecular complexity index is 342. The van der Waals surface area contributed by atoms with Gasteiger partial charge in [-0.25, -0.2) is 0 Å². The molecule has 0 aliphatic heterocycles. The van der Waals surface area contributed by atoms with E-state index in [0.717, 1.165) is 0 Å². The highest BCUT2D eigenvalue weighted by Gasteiger charge is 2.34. The Morgan fingerprint density at radius 1 is 0.950 bits per heavy atom. The quantitative estimate of drug-likeness (QED) is 0.709. The largest absolute Gasteiger partial charge is 0.460 e. The molecule has 0 heterocycles. The average molecular weight is 284 g/mol. The van der Waals surface area contributed by atoms with Crippen molar-refractivity contribution >= 4 is 11.8 Å². The fourth-order valence-electron chi connectivity index (χ4n) is 2.08. The second kappa shape index (κ2) is 6.73. The average Bonchev–Trinajstić information content (AvgIpc) is 2.20. The summed E-state index contributed by atoms with van der Waals surface area (Å²) in [5.74, 6) is 0.0189. The second-order valence-electron chi connectivity index (χ2n) is 8.11. The molecule has 0 fully saturated rings. The van der Waals surface area contributed by atoms with Crippen LogP contribution >= 0.6 is 0 Å². The molecule has 0 bridgehead atoms. The summed E-state index contributed by atoms with van der Waals surface area (Å²) in [4.78, 5) is 24.4. The van der Waals surface area contributed by atoms with Gasteiger partial charge in [-0.2, -0.15) is 0 Å². The van der Waals surface area contributed by atoms with Crippen LogP contribution in [0, 0.1) is 23.2 Å². The summed E-state index contributed by atoms with van der Waals surface area (Å²) in [6.07, 6.45) is 0.432. The minimum atomic E-state index is -0.485. The number of hydrogen-bond donors (Lipinski definition) is 0. The van der Waals surface area contributed by atoms with Crippen LogP contribution in [0.3, 0.4) is 0 Å². The van der Waals surface area contributed by atoms with Crippen molar-refractivity contribution < 1.29 is 14.3 Å². The maximum Gasteiger partial charge on any atom is 0.309 e. The third kappa shape index (κ3) is 6.53.